The van der Waals surface area contributed by atoms with E-state index in [0.29, 0.717) is 33.0 Å². The van der Waals surface area contributed by atoms with Crippen LogP contribution in [-0.4, -0.2) is 22.2 Å². The molecule has 0 amide bonds. The van der Waals surface area contributed by atoms with Gasteiger partial charge in [-0.15, -0.1) is 0 Å². The fourth-order valence-electron chi connectivity index (χ4n) is 6.20. The number of fused-ring (bicyclic) bond motifs is 2. The van der Waals surface area contributed by atoms with E-state index in [4.69, 9.17) is 0 Å². The van der Waals surface area contributed by atoms with Crippen LogP contribution in [0.25, 0.3) is 43.1 Å². The van der Waals surface area contributed by atoms with E-state index in [2.05, 4.69) is 12.1 Å². The van der Waals surface area contributed by atoms with E-state index in [-0.39, 0.29) is 11.8 Å². The third-order valence-electron chi connectivity index (χ3n) is 7.74. The molecule has 6 nitrogen and oxygen atoms in total. The Hall–Kier alpha value is -4.68. The summed E-state index contributed by atoms with van der Waals surface area (Å²) < 4.78 is 0. The number of rotatable bonds is 6. The molecule has 0 aromatic heterocycles. The van der Waals surface area contributed by atoms with Gasteiger partial charge in [-0.3, -0.25) is 9.59 Å². The standard InChI is InChI=1S/C32H26N2O4/c1-15(2)25(31(35)36)23-11-9-21-20-8-6-18(14-34)28-24(26(16(3)4)32(37)38)12-10-22(30(20)28)19-7-5-17(13-33)27(23)29(19)21/h5-12,15-16,25-26H,1-4H3,(H,35,36)(H,37,38). The van der Waals surface area contributed by atoms with Gasteiger partial charge in [0.25, 0.3) is 0 Å². The van der Waals surface area contributed by atoms with Crippen molar-refractivity contribution in [3.05, 3.63) is 70.8 Å². The molecular formula is C32H26N2O4. The van der Waals surface area contributed by atoms with Crippen LogP contribution in [0.5, 0.6) is 0 Å². The van der Waals surface area contributed by atoms with Crippen molar-refractivity contribution in [2.24, 2.45) is 11.8 Å². The Morgan fingerprint density at radius 1 is 0.579 bits per heavy atom. The highest BCUT2D eigenvalue weighted by atomic mass is 16.4. The van der Waals surface area contributed by atoms with Crippen LogP contribution in [0.1, 0.15) is 61.8 Å². The Balaban J connectivity index is 2.05. The molecule has 5 aromatic carbocycles. The number of nitrogens with zero attached hydrogens (tertiary/aromatic N) is 2. The van der Waals surface area contributed by atoms with Crippen LogP contribution in [0.4, 0.5) is 0 Å². The molecule has 5 aromatic rings. The van der Waals surface area contributed by atoms with E-state index in [1.54, 1.807) is 24.3 Å². The lowest BCUT2D eigenvalue weighted by molar-refractivity contribution is -0.140. The molecule has 0 heterocycles. The van der Waals surface area contributed by atoms with Crippen LogP contribution < -0.4 is 0 Å². The van der Waals surface area contributed by atoms with E-state index in [1.807, 2.05) is 52.0 Å². The van der Waals surface area contributed by atoms with Gasteiger partial charge < -0.3 is 10.2 Å². The van der Waals surface area contributed by atoms with Gasteiger partial charge in [-0.1, -0.05) is 64.1 Å². The molecular weight excluding hydrogens is 476 g/mol. The minimum atomic E-state index is -0.945. The van der Waals surface area contributed by atoms with Gasteiger partial charge >= 0.3 is 11.9 Å². The van der Waals surface area contributed by atoms with Crippen LogP contribution in [-0.2, 0) is 9.59 Å². The molecule has 0 saturated carbocycles. The van der Waals surface area contributed by atoms with E-state index in [1.165, 1.54) is 0 Å². The first-order valence-electron chi connectivity index (χ1n) is 12.6. The lowest BCUT2D eigenvalue weighted by Gasteiger charge is -2.24. The van der Waals surface area contributed by atoms with E-state index in [0.717, 1.165) is 32.3 Å². The topological polar surface area (TPSA) is 122 Å². The molecule has 38 heavy (non-hydrogen) atoms. The summed E-state index contributed by atoms with van der Waals surface area (Å²) in [5.41, 5.74) is 2.01. The smallest absolute Gasteiger partial charge is 0.311 e. The fraction of sp³-hybridized carbons (Fsp3) is 0.250. The first-order valence-corrected chi connectivity index (χ1v) is 12.6. The number of nitriles is 2. The summed E-state index contributed by atoms with van der Waals surface area (Å²) in [4.78, 5) is 24.6. The maximum Gasteiger partial charge on any atom is 0.311 e. The Labute approximate surface area is 219 Å². The Kier molecular flexibility index (Phi) is 5.93. The number of benzene rings is 5. The number of carboxylic acid groups (broad SMARTS) is 2. The van der Waals surface area contributed by atoms with Crippen LogP contribution >= 0.6 is 0 Å². The second kappa shape index (κ2) is 9.01. The molecule has 0 aliphatic rings. The highest BCUT2D eigenvalue weighted by molar-refractivity contribution is 6.34. The molecule has 0 aliphatic carbocycles. The van der Waals surface area contributed by atoms with Crippen LogP contribution in [0.3, 0.4) is 0 Å². The van der Waals surface area contributed by atoms with Crippen molar-refractivity contribution in [3.63, 3.8) is 0 Å². The summed E-state index contributed by atoms with van der Waals surface area (Å²) in [7, 11) is 0. The Bertz CT molecular complexity index is 1710. The van der Waals surface area contributed by atoms with Gasteiger partial charge in [0.2, 0.25) is 0 Å². The summed E-state index contributed by atoms with van der Waals surface area (Å²) >= 11 is 0. The summed E-state index contributed by atoms with van der Waals surface area (Å²) in [6, 6.07) is 19.1. The molecule has 0 saturated heterocycles. The zero-order chi connectivity index (χ0) is 27.5. The normalized spacial score (nSPS) is 13.4. The molecule has 0 aliphatic heterocycles. The molecule has 0 radical (unpaired) electrons. The Morgan fingerprint density at radius 3 is 1.16 bits per heavy atom. The lowest BCUT2D eigenvalue weighted by atomic mass is 9.78. The van der Waals surface area contributed by atoms with E-state index < -0.39 is 23.8 Å². The van der Waals surface area contributed by atoms with Crippen LogP contribution in [0, 0.1) is 34.5 Å². The van der Waals surface area contributed by atoms with Crippen molar-refractivity contribution < 1.29 is 19.8 Å². The summed E-state index contributed by atoms with van der Waals surface area (Å²) in [6.45, 7) is 7.42. The number of hydrogen-bond donors (Lipinski definition) is 2. The predicted octanol–water partition coefficient (Wildman–Crippen LogP) is 7.13. The van der Waals surface area contributed by atoms with Crippen molar-refractivity contribution in [3.8, 4) is 12.1 Å². The van der Waals surface area contributed by atoms with E-state index in [9.17, 15) is 30.3 Å². The largest absolute Gasteiger partial charge is 0.481 e. The fourth-order valence-corrected chi connectivity index (χ4v) is 6.20. The zero-order valence-corrected chi connectivity index (χ0v) is 21.5. The SMILES string of the molecule is CC(C)C(C(=O)O)c1ccc2c3ccc(C#N)c4c(C(C(=O)O)C(C)C)ccc(c5ccc(C#N)c1c52)c43. The molecule has 0 bridgehead atoms. The minimum Gasteiger partial charge on any atom is -0.481 e. The van der Waals surface area contributed by atoms with Crippen molar-refractivity contribution in [2.75, 3.05) is 0 Å². The molecule has 2 atom stereocenters. The van der Waals surface area contributed by atoms with Crippen molar-refractivity contribution in [1.82, 2.24) is 0 Å². The molecule has 2 unspecified atom stereocenters. The number of aliphatic carboxylic acids is 2. The Morgan fingerprint density at radius 2 is 0.895 bits per heavy atom. The van der Waals surface area contributed by atoms with Gasteiger partial charge in [0.15, 0.2) is 0 Å². The van der Waals surface area contributed by atoms with E-state index >= 15 is 0 Å². The molecule has 2 N–H and O–H groups in total. The number of carbonyl (C=O) groups is 2. The highest BCUT2D eigenvalue weighted by Crippen LogP contribution is 2.46. The van der Waals surface area contributed by atoms with Gasteiger partial charge in [-0.25, -0.2) is 0 Å². The molecule has 188 valence electrons. The number of hydrogen-bond acceptors (Lipinski definition) is 4. The van der Waals surface area contributed by atoms with Crippen LogP contribution in [0.15, 0.2) is 48.5 Å². The second-order valence-electron chi connectivity index (χ2n) is 10.6. The zero-order valence-electron chi connectivity index (χ0n) is 21.5. The molecule has 0 spiro atoms. The molecule has 6 heteroatoms. The first-order chi connectivity index (χ1) is 18.1. The van der Waals surface area contributed by atoms with Gasteiger partial charge in [0.05, 0.1) is 35.1 Å². The van der Waals surface area contributed by atoms with Crippen LogP contribution in [0.2, 0.25) is 0 Å². The lowest BCUT2D eigenvalue weighted by Crippen LogP contribution is -2.18. The van der Waals surface area contributed by atoms with Gasteiger partial charge in [0, 0.05) is 10.8 Å². The quantitative estimate of drug-likeness (QED) is 0.188. The first kappa shape index (κ1) is 25.0. The number of carboxylic acids is 2. The maximum absolute atomic E-state index is 12.3. The minimum absolute atomic E-state index is 0.194. The summed E-state index contributed by atoms with van der Waals surface area (Å²) in [6.07, 6.45) is 0. The van der Waals surface area contributed by atoms with Gasteiger partial charge in [-0.2, -0.15) is 10.5 Å². The van der Waals surface area contributed by atoms with Crippen molar-refractivity contribution >= 4 is 55.0 Å². The molecule has 0 fully saturated rings. The predicted molar refractivity (Wildman–Crippen MR) is 148 cm³/mol. The third kappa shape index (κ3) is 3.45. The maximum atomic E-state index is 12.3. The summed E-state index contributed by atoms with van der Waals surface area (Å²) in [5, 5.41) is 46.4. The van der Waals surface area contributed by atoms with Gasteiger partial charge in [-0.05, 0) is 67.4 Å². The third-order valence-corrected chi connectivity index (χ3v) is 7.74. The monoisotopic (exact) mass is 502 g/mol. The van der Waals surface area contributed by atoms with Crippen molar-refractivity contribution in [2.45, 2.75) is 39.5 Å². The second-order valence-corrected chi connectivity index (χ2v) is 10.6. The summed E-state index contributed by atoms with van der Waals surface area (Å²) in [5.74, 6) is -3.86. The molecule has 5 rings (SSSR count). The highest BCUT2D eigenvalue weighted by Gasteiger charge is 2.30. The van der Waals surface area contributed by atoms with Crippen molar-refractivity contribution in [1.29, 1.82) is 10.5 Å². The average Bonchev–Trinajstić information content (AvgIpc) is 2.87. The average molecular weight is 503 g/mol. The van der Waals surface area contributed by atoms with Gasteiger partial charge in [0.1, 0.15) is 0 Å².